The lowest BCUT2D eigenvalue weighted by Crippen LogP contribution is -2.27. The van der Waals surface area contributed by atoms with Crippen molar-refractivity contribution in [3.63, 3.8) is 0 Å². The van der Waals surface area contributed by atoms with Crippen molar-refractivity contribution >= 4 is 26.5 Å². The van der Waals surface area contributed by atoms with Crippen LogP contribution in [-0.4, -0.2) is 20.4 Å². The third kappa shape index (κ3) is 2.23. The molecule has 0 spiro atoms. The van der Waals surface area contributed by atoms with Crippen molar-refractivity contribution in [1.29, 1.82) is 0 Å². The van der Waals surface area contributed by atoms with E-state index < -0.39 is 15.8 Å². The van der Waals surface area contributed by atoms with Crippen LogP contribution in [0.25, 0.3) is 0 Å². The molecule has 0 bridgehead atoms. The van der Waals surface area contributed by atoms with Crippen LogP contribution in [0.15, 0.2) is 34.7 Å². The van der Waals surface area contributed by atoms with Gasteiger partial charge in [0.1, 0.15) is 10.7 Å². The molecule has 0 aliphatic heterocycles. The van der Waals surface area contributed by atoms with Gasteiger partial charge >= 0.3 is 0 Å². The van der Waals surface area contributed by atoms with E-state index in [0.717, 1.165) is 4.31 Å². The summed E-state index contributed by atoms with van der Waals surface area (Å²) in [5.74, 6) is -0.751. The molecular formula is C11H11FN2O2S2. The number of sulfonamides is 1. The third-order valence-electron chi connectivity index (χ3n) is 2.41. The molecule has 0 amide bonds. The number of aromatic nitrogens is 1. The molecule has 0 radical (unpaired) electrons. The lowest BCUT2D eigenvalue weighted by molar-refractivity contribution is 0.565. The summed E-state index contributed by atoms with van der Waals surface area (Å²) in [6.07, 6.45) is 1.50. The van der Waals surface area contributed by atoms with Crippen LogP contribution in [0.2, 0.25) is 0 Å². The third-order valence-corrected chi connectivity index (χ3v) is 5.16. The predicted molar refractivity (Wildman–Crippen MR) is 68.8 cm³/mol. The van der Waals surface area contributed by atoms with Gasteiger partial charge in [0.25, 0.3) is 10.0 Å². The standard InChI is InChI=1S/C11H11FN2O2S2/c1-8-3-4-10(9(12)7-8)18(15,16)14(2)11-13-5-6-17-11/h3-7H,1-2H3. The van der Waals surface area contributed by atoms with Crippen LogP contribution in [0.5, 0.6) is 0 Å². The molecule has 2 aromatic rings. The summed E-state index contributed by atoms with van der Waals surface area (Å²) in [5.41, 5.74) is 0.670. The van der Waals surface area contributed by atoms with E-state index in [1.165, 1.54) is 36.7 Å². The number of nitrogens with zero attached hydrogens (tertiary/aromatic N) is 2. The summed E-state index contributed by atoms with van der Waals surface area (Å²) >= 11 is 1.17. The van der Waals surface area contributed by atoms with Gasteiger partial charge in [-0.3, -0.25) is 0 Å². The van der Waals surface area contributed by atoms with E-state index in [1.54, 1.807) is 18.4 Å². The number of thiazole rings is 1. The minimum Gasteiger partial charge on any atom is -0.244 e. The molecule has 0 atom stereocenters. The lowest BCUT2D eigenvalue weighted by Gasteiger charge is -2.16. The van der Waals surface area contributed by atoms with Crippen molar-refractivity contribution in [3.05, 3.63) is 41.2 Å². The molecule has 0 aliphatic carbocycles. The van der Waals surface area contributed by atoms with Crippen molar-refractivity contribution in [1.82, 2.24) is 4.98 Å². The highest BCUT2D eigenvalue weighted by atomic mass is 32.2. The number of rotatable bonds is 3. The maximum absolute atomic E-state index is 13.7. The molecule has 0 aliphatic rings. The molecule has 0 N–H and O–H groups in total. The predicted octanol–water partition coefficient (Wildman–Crippen LogP) is 2.42. The average molecular weight is 286 g/mol. The fraction of sp³-hybridized carbons (Fsp3) is 0.182. The Kier molecular flexibility index (Phi) is 3.36. The van der Waals surface area contributed by atoms with Crippen LogP contribution >= 0.6 is 11.3 Å². The van der Waals surface area contributed by atoms with Gasteiger partial charge in [0.15, 0.2) is 5.13 Å². The van der Waals surface area contributed by atoms with Crippen LogP contribution in [0, 0.1) is 12.7 Å². The second-order valence-electron chi connectivity index (χ2n) is 3.72. The summed E-state index contributed by atoms with van der Waals surface area (Å²) in [4.78, 5) is 3.56. The highest BCUT2D eigenvalue weighted by molar-refractivity contribution is 7.93. The Morgan fingerprint density at radius 1 is 1.39 bits per heavy atom. The van der Waals surface area contributed by atoms with Crippen LogP contribution in [0.1, 0.15) is 5.56 Å². The van der Waals surface area contributed by atoms with Crippen LogP contribution < -0.4 is 4.31 Å². The van der Waals surface area contributed by atoms with Gasteiger partial charge in [-0.05, 0) is 24.6 Å². The molecular weight excluding hydrogens is 275 g/mol. The van der Waals surface area contributed by atoms with Crippen LogP contribution in [0.4, 0.5) is 9.52 Å². The van der Waals surface area contributed by atoms with Crippen LogP contribution in [0.3, 0.4) is 0 Å². The first-order chi connectivity index (χ1) is 8.43. The van der Waals surface area contributed by atoms with Crippen molar-refractivity contribution in [2.75, 3.05) is 11.4 Å². The van der Waals surface area contributed by atoms with E-state index in [4.69, 9.17) is 0 Å². The first-order valence-corrected chi connectivity index (χ1v) is 7.39. The monoisotopic (exact) mass is 286 g/mol. The fourth-order valence-corrected chi connectivity index (χ4v) is 3.47. The number of benzene rings is 1. The largest absolute Gasteiger partial charge is 0.268 e. The van der Waals surface area contributed by atoms with E-state index in [2.05, 4.69) is 4.98 Å². The first kappa shape index (κ1) is 13.0. The maximum Gasteiger partial charge on any atom is 0.268 e. The van der Waals surface area contributed by atoms with E-state index in [9.17, 15) is 12.8 Å². The van der Waals surface area contributed by atoms with Crippen LogP contribution in [-0.2, 0) is 10.0 Å². The summed E-state index contributed by atoms with van der Waals surface area (Å²) in [7, 11) is -2.55. The molecule has 0 saturated carbocycles. The summed E-state index contributed by atoms with van der Waals surface area (Å²) < 4.78 is 39.1. The van der Waals surface area contributed by atoms with Crippen molar-refractivity contribution in [2.24, 2.45) is 0 Å². The van der Waals surface area contributed by atoms with Gasteiger partial charge in [-0.1, -0.05) is 6.07 Å². The Bertz CT molecular complexity index is 654. The van der Waals surface area contributed by atoms with E-state index in [1.807, 2.05) is 0 Å². The zero-order chi connectivity index (χ0) is 13.3. The van der Waals surface area contributed by atoms with Gasteiger partial charge in [-0.2, -0.15) is 0 Å². The summed E-state index contributed by atoms with van der Waals surface area (Å²) in [5, 5.41) is 1.96. The quantitative estimate of drug-likeness (QED) is 0.870. The van der Waals surface area contributed by atoms with Gasteiger partial charge in [0, 0.05) is 18.6 Å². The fourth-order valence-electron chi connectivity index (χ4n) is 1.44. The van der Waals surface area contributed by atoms with Crippen molar-refractivity contribution in [2.45, 2.75) is 11.8 Å². The topological polar surface area (TPSA) is 50.3 Å². The minimum absolute atomic E-state index is 0.301. The smallest absolute Gasteiger partial charge is 0.244 e. The molecule has 2 rings (SSSR count). The second-order valence-corrected chi connectivity index (χ2v) is 6.53. The summed E-state index contributed by atoms with van der Waals surface area (Å²) in [6, 6.07) is 4.03. The SMILES string of the molecule is Cc1ccc(S(=O)(=O)N(C)c2nccs2)c(F)c1. The molecule has 0 saturated heterocycles. The lowest BCUT2D eigenvalue weighted by atomic mass is 10.2. The van der Waals surface area contributed by atoms with Crippen molar-refractivity contribution < 1.29 is 12.8 Å². The number of hydrogen-bond donors (Lipinski definition) is 0. The van der Waals surface area contributed by atoms with E-state index in [0.29, 0.717) is 10.7 Å². The highest BCUT2D eigenvalue weighted by Crippen LogP contribution is 2.25. The summed E-state index contributed by atoms with van der Waals surface area (Å²) in [6.45, 7) is 1.70. The Hall–Kier alpha value is -1.47. The molecule has 96 valence electrons. The van der Waals surface area contributed by atoms with Gasteiger partial charge in [-0.25, -0.2) is 22.1 Å². The number of halogens is 1. The molecule has 4 nitrogen and oxygen atoms in total. The van der Waals surface area contributed by atoms with E-state index in [-0.39, 0.29) is 4.90 Å². The molecule has 0 unspecified atom stereocenters. The first-order valence-electron chi connectivity index (χ1n) is 5.07. The number of aryl methyl sites for hydroxylation is 1. The molecule has 7 heteroatoms. The highest BCUT2D eigenvalue weighted by Gasteiger charge is 2.26. The molecule has 1 aromatic carbocycles. The zero-order valence-electron chi connectivity index (χ0n) is 9.79. The molecule has 1 aromatic heterocycles. The van der Waals surface area contributed by atoms with Gasteiger partial charge in [0.2, 0.25) is 0 Å². The maximum atomic E-state index is 13.7. The number of anilines is 1. The van der Waals surface area contributed by atoms with E-state index >= 15 is 0 Å². The molecule has 0 fully saturated rings. The Labute approximate surface area is 109 Å². The Balaban J connectivity index is 2.49. The van der Waals surface area contributed by atoms with Gasteiger partial charge in [0.05, 0.1) is 0 Å². The van der Waals surface area contributed by atoms with Crippen molar-refractivity contribution in [3.8, 4) is 0 Å². The van der Waals surface area contributed by atoms with Gasteiger partial charge in [-0.15, -0.1) is 11.3 Å². The second kappa shape index (κ2) is 4.66. The zero-order valence-corrected chi connectivity index (χ0v) is 11.4. The number of hydrogen-bond acceptors (Lipinski definition) is 4. The Morgan fingerprint density at radius 3 is 2.67 bits per heavy atom. The Morgan fingerprint density at radius 2 is 2.11 bits per heavy atom. The average Bonchev–Trinajstić information content (AvgIpc) is 2.80. The normalized spacial score (nSPS) is 11.5. The molecule has 1 heterocycles. The van der Waals surface area contributed by atoms with Gasteiger partial charge < -0.3 is 0 Å². The molecule has 18 heavy (non-hydrogen) atoms. The minimum atomic E-state index is -3.90.